The van der Waals surface area contributed by atoms with Crippen LogP contribution < -0.4 is 26.5 Å². The molecular weight excluding hydrogens is 550 g/mol. The largest absolute Gasteiger partial charge is 0.494 e. The molecule has 0 aromatic carbocycles. The van der Waals surface area contributed by atoms with Gasteiger partial charge in [-0.3, -0.25) is 14.3 Å². The minimum absolute atomic E-state index is 0.0995. The monoisotopic (exact) mass is 580 g/mol. The maximum absolute atomic E-state index is 13.7. The Balaban J connectivity index is 1.35. The van der Waals surface area contributed by atoms with Gasteiger partial charge in [0.15, 0.2) is 0 Å². The molecule has 9 nitrogen and oxygen atoms in total. The third-order valence-corrected chi connectivity index (χ3v) is 8.31. The Labute approximate surface area is 240 Å². The van der Waals surface area contributed by atoms with E-state index in [9.17, 15) is 13.6 Å². The summed E-state index contributed by atoms with van der Waals surface area (Å²) in [5, 5.41) is 3.28. The number of ether oxygens (including phenoxy) is 2. The van der Waals surface area contributed by atoms with Gasteiger partial charge in [-0.2, -0.15) is 0 Å². The molecule has 1 saturated carbocycles. The predicted molar refractivity (Wildman–Crippen MR) is 153 cm³/mol. The van der Waals surface area contributed by atoms with Gasteiger partial charge in [0.05, 0.1) is 25.2 Å². The fourth-order valence-electron chi connectivity index (χ4n) is 4.89. The zero-order valence-corrected chi connectivity index (χ0v) is 23.2. The first-order valence-corrected chi connectivity index (χ1v) is 14.5. The highest BCUT2D eigenvalue weighted by Gasteiger charge is 2.26. The minimum Gasteiger partial charge on any atom is -0.494 e. The number of pyridine rings is 3. The van der Waals surface area contributed by atoms with Gasteiger partial charge in [0, 0.05) is 42.5 Å². The summed E-state index contributed by atoms with van der Waals surface area (Å²) in [7, 11) is 1.46. The van der Waals surface area contributed by atoms with Gasteiger partial charge in [0.25, 0.3) is 12.0 Å². The molecule has 5 heterocycles. The standard InChI is InChI=1S/C29H30F2N6O3S/c1-39-24-16-32-22(28(30)31)13-21(24)20-14-25(37-9-6-19(12-27(37)38)18-7-10-40-11-8-18)33-15-23(20)34-29-36-35-26(41-29)5-4-17-2-3-17/h6,9,12-18,26,28-29,34-36H,2-3,7-8,10-11H2,1H3. The van der Waals surface area contributed by atoms with Gasteiger partial charge in [-0.15, -0.1) is 0 Å². The van der Waals surface area contributed by atoms with Crippen LogP contribution in [0.2, 0.25) is 0 Å². The SMILES string of the molecule is COc1cnc(C(F)F)cc1-c1cc(-n2ccc(C3CCOCC3)cc2=O)ncc1NC1NNC(C#CC2CC2)S1. The maximum atomic E-state index is 13.7. The smallest absolute Gasteiger partial charge is 0.280 e. The highest BCUT2D eigenvalue weighted by molar-refractivity contribution is 8.01. The van der Waals surface area contributed by atoms with Crippen LogP contribution in [0, 0.1) is 17.8 Å². The van der Waals surface area contributed by atoms with Gasteiger partial charge < -0.3 is 14.8 Å². The Morgan fingerprint density at radius 2 is 1.93 bits per heavy atom. The highest BCUT2D eigenvalue weighted by atomic mass is 32.2. The van der Waals surface area contributed by atoms with E-state index in [1.807, 2.05) is 6.07 Å². The molecule has 2 unspecified atom stereocenters. The van der Waals surface area contributed by atoms with E-state index in [4.69, 9.17) is 9.47 Å². The molecule has 0 spiro atoms. The van der Waals surface area contributed by atoms with E-state index in [-0.39, 0.29) is 28.0 Å². The number of nitrogens with one attached hydrogen (secondary N) is 3. The van der Waals surface area contributed by atoms with Crippen molar-refractivity contribution in [2.45, 2.75) is 48.9 Å². The molecule has 12 heteroatoms. The summed E-state index contributed by atoms with van der Waals surface area (Å²) in [4.78, 5) is 21.6. The van der Waals surface area contributed by atoms with Crippen LogP contribution in [0.1, 0.15) is 49.3 Å². The molecule has 3 aromatic heterocycles. The normalized spacial score (nSPS) is 21.0. The molecule has 0 amide bonds. The quantitative estimate of drug-likeness (QED) is 0.351. The summed E-state index contributed by atoms with van der Waals surface area (Å²) in [6.45, 7) is 1.36. The molecular formula is C29H30F2N6O3S. The van der Waals surface area contributed by atoms with Crippen molar-refractivity contribution in [1.82, 2.24) is 25.4 Å². The zero-order valence-electron chi connectivity index (χ0n) is 22.4. The van der Waals surface area contributed by atoms with Crippen LogP contribution in [-0.4, -0.2) is 45.7 Å². The van der Waals surface area contributed by atoms with Crippen LogP contribution in [0.25, 0.3) is 16.9 Å². The number of hydrogen-bond acceptors (Lipinski definition) is 9. The number of halogens is 2. The van der Waals surface area contributed by atoms with Gasteiger partial charge >= 0.3 is 0 Å². The molecule has 0 bridgehead atoms. The summed E-state index contributed by atoms with van der Waals surface area (Å²) in [5.74, 6) is 7.93. The van der Waals surface area contributed by atoms with Crippen LogP contribution in [0.15, 0.2) is 47.7 Å². The van der Waals surface area contributed by atoms with Crippen molar-refractivity contribution in [2.24, 2.45) is 5.92 Å². The molecule has 3 fully saturated rings. The summed E-state index contributed by atoms with van der Waals surface area (Å²) >= 11 is 1.55. The van der Waals surface area contributed by atoms with E-state index in [2.05, 4.69) is 38.0 Å². The summed E-state index contributed by atoms with van der Waals surface area (Å²) in [6, 6.07) is 6.57. The molecule has 3 aliphatic rings. The third kappa shape index (κ3) is 6.38. The number of rotatable bonds is 7. The van der Waals surface area contributed by atoms with E-state index in [1.54, 1.807) is 36.3 Å². The fourth-order valence-corrected chi connectivity index (χ4v) is 5.77. The minimum atomic E-state index is -2.76. The number of thioether (sulfide) groups is 1. The first-order chi connectivity index (χ1) is 20.0. The van der Waals surface area contributed by atoms with Gasteiger partial charge in [-0.1, -0.05) is 23.6 Å². The molecule has 3 N–H and O–H groups in total. The molecule has 6 rings (SSSR count). The molecule has 41 heavy (non-hydrogen) atoms. The molecule has 2 saturated heterocycles. The lowest BCUT2D eigenvalue weighted by Crippen LogP contribution is -2.36. The number of methoxy groups -OCH3 is 1. The maximum Gasteiger partial charge on any atom is 0.280 e. The van der Waals surface area contributed by atoms with E-state index in [0.29, 0.717) is 47.5 Å². The number of hydrogen-bond donors (Lipinski definition) is 3. The Morgan fingerprint density at radius 1 is 1.10 bits per heavy atom. The number of nitrogens with zero attached hydrogens (tertiary/aromatic N) is 3. The van der Waals surface area contributed by atoms with Gasteiger partial charge in [-0.05, 0) is 55.4 Å². The summed E-state index contributed by atoms with van der Waals surface area (Å²) < 4.78 is 39.8. The molecule has 2 atom stereocenters. The summed E-state index contributed by atoms with van der Waals surface area (Å²) in [6.07, 6.45) is 5.86. The molecule has 3 aromatic rings. The second-order valence-electron chi connectivity index (χ2n) is 10.1. The van der Waals surface area contributed by atoms with E-state index in [1.165, 1.54) is 23.9 Å². The average Bonchev–Trinajstić information content (AvgIpc) is 3.73. The van der Waals surface area contributed by atoms with Crippen LogP contribution >= 0.6 is 11.8 Å². The van der Waals surface area contributed by atoms with E-state index in [0.717, 1.165) is 31.2 Å². The second-order valence-corrected chi connectivity index (χ2v) is 11.4. The zero-order chi connectivity index (χ0) is 28.3. The highest BCUT2D eigenvalue weighted by Crippen LogP contribution is 2.38. The van der Waals surface area contributed by atoms with Crippen molar-refractivity contribution < 1.29 is 18.3 Å². The lowest BCUT2D eigenvalue weighted by molar-refractivity contribution is 0.0853. The van der Waals surface area contributed by atoms with Crippen molar-refractivity contribution >= 4 is 17.4 Å². The molecule has 214 valence electrons. The van der Waals surface area contributed by atoms with Gasteiger partial charge in [-0.25, -0.2) is 24.6 Å². The summed E-state index contributed by atoms with van der Waals surface area (Å²) in [5.41, 5.74) is 7.93. The Morgan fingerprint density at radius 3 is 2.66 bits per heavy atom. The van der Waals surface area contributed by atoms with Crippen LogP contribution in [0.4, 0.5) is 14.5 Å². The Bertz CT molecular complexity index is 1530. The van der Waals surface area contributed by atoms with E-state index < -0.39 is 6.43 Å². The van der Waals surface area contributed by atoms with Gasteiger partial charge in [0.2, 0.25) is 0 Å². The topological polar surface area (TPSA) is 102 Å². The lowest BCUT2D eigenvalue weighted by atomic mass is 9.92. The predicted octanol–water partition coefficient (Wildman–Crippen LogP) is 4.41. The third-order valence-electron chi connectivity index (χ3n) is 7.30. The van der Waals surface area contributed by atoms with Crippen LogP contribution in [-0.2, 0) is 4.74 Å². The van der Waals surface area contributed by atoms with Gasteiger partial charge in [0.1, 0.15) is 28.1 Å². The van der Waals surface area contributed by atoms with Crippen molar-refractivity contribution in [3.63, 3.8) is 0 Å². The number of alkyl halides is 2. The molecule has 2 aliphatic heterocycles. The first kappa shape index (κ1) is 27.7. The second kappa shape index (κ2) is 12.2. The van der Waals surface area contributed by atoms with Crippen molar-refractivity contribution in [2.75, 3.05) is 25.6 Å². The van der Waals surface area contributed by atoms with Crippen molar-refractivity contribution in [1.29, 1.82) is 0 Å². The van der Waals surface area contributed by atoms with Crippen LogP contribution in [0.3, 0.4) is 0 Å². The molecule has 1 aliphatic carbocycles. The molecule has 0 radical (unpaired) electrons. The number of aromatic nitrogens is 3. The average molecular weight is 581 g/mol. The Hall–Kier alpha value is -3.50. The Kier molecular flexibility index (Phi) is 8.20. The van der Waals surface area contributed by atoms with E-state index >= 15 is 0 Å². The first-order valence-electron chi connectivity index (χ1n) is 13.6. The number of anilines is 1. The van der Waals surface area contributed by atoms with Crippen molar-refractivity contribution in [3.8, 4) is 34.5 Å². The number of hydrazine groups is 1. The fraction of sp³-hybridized carbons (Fsp3) is 0.414. The lowest BCUT2D eigenvalue weighted by Gasteiger charge is -2.22. The van der Waals surface area contributed by atoms with Crippen molar-refractivity contribution in [3.05, 3.63) is 64.5 Å². The van der Waals surface area contributed by atoms with Crippen LogP contribution in [0.5, 0.6) is 5.75 Å².